The van der Waals surface area contributed by atoms with Gasteiger partial charge >= 0.3 is 0 Å². The number of benzene rings is 2. The lowest BCUT2D eigenvalue weighted by Crippen LogP contribution is -1.83. The number of fused-ring (bicyclic) bond motifs is 1. The molecule has 0 aliphatic carbocycles. The Hall–Kier alpha value is -2.45. The van der Waals surface area contributed by atoms with Gasteiger partial charge in [-0.25, -0.2) is 4.98 Å². The summed E-state index contributed by atoms with van der Waals surface area (Å²) in [6.45, 7) is 1.98. The van der Waals surface area contributed by atoms with Crippen molar-refractivity contribution < 1.29 is 4.42 Å². The van der Waals surface area contributed by atoms with Crippen molar-refractivity contribution in [2.45, 2.75) is 17.0 Å². The third-order valence-electron chi connectivity index (χ3n) is 2.85. The number of oxazole rings is 1. The predicted molar refractivity (Wildman–Crippen MR) is 78.4 cm³/mol. The van der Waals surface area contributed by atoms with E-state index in [0.29, 0.717) is 22.1 Å². The van der Waals surface area contributed by atoms with Crippen LogP contribution in [0.25, 0.3) is 11.1 Å². The number of nitrogens with zero attached hydrogens (tertiary/aromatic N) is 2. The molecule has 1 heterocycles. The van der Waals surface area contributed by atoms with Crippen LogP contribution in [0.15, 0.2) is 50.9 Å². The average molecular weight is 281 g/mol. The summed E-state index contributed by atoms with van der Waals surface area (Å²) in [6.07, 6.45) is 0. The van der Waals surface area contributed by atoms with Crippen LogP contribution in [0.4, 0.5) is 5.69 Å². The minimum atomic E-state index is 0.507. The minimum absolute atomic E-state index is 0.507. The van der Waals surface area contributed by atoms with Crippen LogP contribution < -0.4 is 5.73 Å². The van der Waals surface area contributed by atoms with Crippen molar-refractivity contribution in [3.63, 3.8) is 0 Å². The normalized spacial score (nSPS) is 10.6. The van der Waals surface area contributed by atoms with E-state index in [1.807, 2.05) is 25.1 Å². The van der Waals surface area contributed by atoms with Gasteiger partial charge in [-0.2, -0.15) is 5.26 Å². The maximum absolute atomic E-state index is 9.13. The Kier molecular flexibility index (Phi) is 3.09. The molecule has 1 aromatic heterocycles. The van der Waals surface area contributed by atoms with E-state index in [2.05, 4.69) is 11.1 Å². The van der Waals surface area contributed by atoms with Crippen molar-refractivity contribution >= 4 is 28.5 Å². The van der Waals surface area contributed by atoms with E-state index >= 15 is 0 Å². The number of aryl methyl sites for hydroxylation is 1. The summed E-state index contributed by atoms with van der Waals surface area (Å²) in [5, 5.41) is 9.64. The Morgan fingerprint density at radius 1 is 1.25 bits per heavy atom. The van der Waals surface area contributed by atoms with E-state index in [4.69, 9.17) is 15.4 Å². The lowest BCUT2D eigenvalue weighted by molar-refractivity contribution is 0.489. The van der Waals surface area contributed by atoms with Gasteiger partial charge < -0.3 is 10.2 Å². The Morgan fingerprint density at radius 2 is 2.10 bits per heavy atom. The van der Waals surface area contributed by atoms with Gasteiger partial charge in [-0.3, -0.25) is 0 Å². The van der Waals surface area contributed by atoms with Crippen molar-refractivity contribution in [3.05, 3.63) is 47.5 Å². The van der Waals surface area contributed by atoms with Crippen molar-refractivity contribution in [1.29, 1.82) is 5.26 Å². The summed E-state index contributed by atoms with van der Waals surface area (Å²) < 4.78 is 5.65. The predicted octanol–water partition coefficient (Wildman–Crippen LogP) is 3.74. The molecular formula is C15H11N3OS. The third-order valence-corrected chi connectivity index (χ3v) is 3.75. The first-order chi connectivity index (χ1) is 9.65. The Labute approximate surface area is 120 Å². The highest BCUT2D eigenvalue weighted by atomic mass is 32.2. The summed E-state index contributed by atoms with van der Waals surface area (Å²) in [6, 6.07) is 13.2. The van der Waals surface area contributed by atoms with Crippen LogP contribution in [0.1, 0.15) is 11.1 Å². The fourth-order valence-electron chi connectivity index (χ4n) is 1.86. The lowest BCUT2D eigenvalue weighted by atomic mass is 10.2. The average Bonchev–Trinajstić information content (AvgIpc) is 2.80. The molecule has 0 amide bonds. The second-order valence-corrected chi connectivity index (χ2v) is 5.41. The van der Waals surface area contributed by atoms with Crippen LogP contribution >= 0.6 is 11.8 Å². The molecule has 0 fully saturated rings. The Morgan fingerprint density at radius 3 is 2.90 bits per heavy atom. The quantitative estimate of drug-likeness (QED) is 0.724. The summed E-state index contributed by atoms with van der Waals surface area (Å²) in [7, 11) is 0. The van der Waals surface area contributed by atoms with E-state index in [1.165, 1.54) is 11.8 Å². The number of nitrogen functional groups attached to an aromatic ring is 1. The molecule has 0 bridgehead atoms. The molecule has 20 heavy (non-hydrogen) atoms. The number of hydrogen-bond donors (Lipinski definition) is 1. The fourth-order valence-corrected chi connectivity index (χ4v) is 2.80. The maximum Gasteiger partial charge on any atom is 0.261 e. The summed E-state index contributed by atoms with van der Waals surface area (Å²) in [4.78, 5) is 5.23. The fraction of sp³-hybridized carbons (Fsp3) is 0.0667. The summed E-state index contributed by atoms with van der Waals surface area (Å²) >= 11 is 1.34. The molecule has 2 aromatic carbocycles. The first-order valence-electron chi connectivity index (χ1n) is 6.00. The summed E-state index contributed by atoms with van der Waals surface area (Å²) in [5.74, 6) is 0. The van der Waals surface area contributed by atoms with Gasteiger partial charge in [0.2, 0.25) is 0 Å². The van der Waals surface area contributed by atoms with Gasteiger partial charge in [0.05, 0.1) is 5.56 Å². The van der Waals surface area contributed by atoms with E-state index in [0.717, 1.165) is 16.0 Å². The van der Waals surface area contributed by atoms with Crippen LogP contribution in [0.5, 0.6) is 0 Å². The van der Waals surface area contributed by atoms with Crippen molar-refractivity contribution in [2.75, 3.05) is 5.73 Å². The molecule has 0 radical (unpaired) electrons. The number of nitrogens with two attached hydrogens (primary N) is 1. The van der Waals surface area contributed by atoms with Crippen molar-refractivity contribution in [2.24, 2.45) is 0 Å². The molecule has 0 unspecified atom stereocenters. The van der Waals surface area contributed by atoms with Crippen LogP contribution in [0.2, 0.25) is 0 Å². The first-order valence-corrected chi connectivity index (χ1v) is 6.82. The number of nitriles is 1. The molecule has 3 aromatic rings. The monoisotopic (exact) mass is 281 g/mol. The Bertz CT molecular complexity index is 833. The highest BCUT2D eigenvalue weighted by molar-refractivity contribution is 7.99. The van der Waals surface area contributed by atoms with Gasteiger partial charge in [0, 0.05) is 16.6 Å². The molecular weight excluding hydrogens is 270 g/mol. The molecule has 0 atom stereocenters. The SMILES string of the molecule is Cc1ccc(C#N)c(Sc2nc3ccc(N)cc3o2)c1. The van der Waals surface area contributed by atoms with Crippen LogP contribution in [0, 0.1) is 18.3 Å². The maximum atomic E-state index is 9.13. The van der Waals surface area contributed by atoms with Gasteiger partial charge in [0.15, 0.2) is 5.58 Å². The number of aromatic nitrogens is 1. The molecule has 0 spiro atoms. The molecule has 3 rings (SSSR count). The minimum Gasteiger partial charge on any atom is -0.431 e. The van der Waals surface area contributed by atoms with Crippen LogP contribution in [0.3, 0.4) is 0 Å². The van der Waals surface area contributed by atoms with Gasteiger partial charge in [-0.15, -0.1) is 0 Å². The second kappa shape index (κ2) is 4.91. The molecule has 5 heteroatoms. The zero-order valence-corrected chi connectivity index (χ0v) is 11.6. The van der Waals surface area contributed by atoms with E-state index in [1.54, 1.807) is 18.2 Å². The first kappa shape index (κ1) is 12.6. The molecule has 98 valence electrons. The van der Waals surface area contributed by atoms with Gasteiger partial charge in [-0.1, -0.05) is 6.07 Å². The van der Waals surface area contributed by atoms with E-state index in [9.17, 15) is 0 Å². The number of rotatable bonds is 2. The number of anilines is 1. The van der Waals surface area contributed by atoms with Crippen molar-refractivity contribution in [1.82, 2.24) is 4.98 Å². The van der Waals surface area contributed by atoms with E-state index in [-0.39, 0.29) is 0 Å². The zero-order chi connectivity index (χ0) is 14.1. The lowest BCUT2D eigenvalue weighted by Gasteiger charge is -2.01. The molecule has 0 saturated heterocycles. The van der Waals surface area contributed by atoms with E-state index < -0.39 is 0 Å². The topological polar surface area (TPSA) is 75.8 Å². The molecule has 0 aliphatic rings. The number of hydrogen-bond acceptors (Lipinski definition) is 5. The smallest absolute Gasteiger partial charge is 0.261 e. The highest BCUT2D eigenvalue weighted by Crippen LogP contribution is 2.32. The van der Waals surface area contributed by atoms with Gasteiger partial charge in [0.25, 0.3) is 5.22 Å². The van der Waals surface area contributed by atoms with Gasteiger partial charge in [0.1, 0.15) is 11.6 Å². The van der Waals surface area contributed by atoms with Crippen molar-refractivity contribution in [3.8, 4) is 6.07 Å². The molecule has 0 saturated carbocycles. The highest BCUT2D eigenvalue weighted by Gasteiger charge is 2.11. The standard InChI is InChI=1S/C15H11N3OS/c1-9-2-3-10(8-16)14(6-9)20-15-18-12-5-4-11(17)7-13(12)19-15/h2-7H,17H2,1H3. The van der Waals surface area contributed by atoms with Gasteiger partial charge in [-0.05, 0) is 48.5 Å². The van der Waals surface area contributed by atoms with Crippen LogP contribution in [-0.2, 0) is 0 Å². The molecule has 2 N–H and O–H groups in total. The van der Waals surface area contributed by atoms with Crippen LogP contribution in [-0.4, -0.2) is 4.98 Å². The Balaban J connectivity index is 2.01. The molecule has 0 aliphatic heterocycles. The molecule has 4 nitrogen and oxygen atoms in total. The zero-order valence-electron chi connectivity index (χ0n) is 10.8. The second-order valence-electron chi connectivity index (χ2n) is 4.42. The summed E-state index contributed by atoms with van der Waals surface area (Å²) in [5.41, 5.74) is 9.46. The third kappa shape index (κ3) is 2.33. The largest absolute Gasteiger partial charge is 0.431 e.